The van der Waals surface area contributed by atoms with Crippen LogP contribution in [0.5, 0.6) is 0 Å². The maximum Gasteiger partial charge on any atom is 0.226 e. The molecule has 1 aromatic carbocycles. The van der Waals surface area contributed by atoms with Crippen molar-refractivity contribution in [1.82, 2.24) is 9.80 Å². The van der Waals surface area contributed by atoms with Crippen LogP contribution in [0.15, 0.2) is 30.3 Å². The molecule has 26 heavy (non-hydrogen) atoms. The maximum atomic E-state index is 12.7. The minimum Gasteiger partial charge on any atom is -0.343 e. The molecular formula is C20H30ClN3O2. The quantitative estimate of drug-likeness (QED) is 0.853. The van der Waals surface area contributed by atoms with Gasteiger partial charge in [-0.3, -0.25) is 9.59 Å². The van der Waals surface area contributed by atoms with E-state index < -0.39 is 0 Å². The zero-order valence-corrected chi connectivity index (χ0v) is 16.1. The molecule has 0 saturated carbocycles. The normalized spacial score (nSPS) is 20.7. The van der Waals surface area contributed by atoms with Crippen LogP contribution in [0.4, 0.5) is 0 Å². The zero-order chi connectivity index (χ0) is 17.6. The van der Waals surface area contributed by atoms with Gasteiger partial charge >= 0.3 is 0 Å². The molecule has 3 rings (SSSR count). The molecule has 0 spiro atoms. The molecule has 1 aromatic rings. The molecule has 0 aromatic heterocycles. The van der Waals surface area contributed by atoms with Crippen LogP contribution in [-0.4, -0.2) is 53.8 Å². The fraction of sp³-hybridized carbons (Fsp3) is 0.600. The lowest BCUT2D eigenvalue weighted by Gasteiger charge is -2.34. The zero-order valence-electron chi connectivity index (χ0n) is 15.3. The summed E-state index contributed by atoms with van der Waals surface area (Å²) in [5.74, 6) is 0.519. The van der Waals surface area contributed by atoms with E-state index in [1.165, 1.54) is 5.56 Å². The largest absolute Gasteiger partial charge is 0.343 e. The van der Waals surface area contributed by atoms with Crippen LogP contribution in [-0.2, 0) is 16.0 Å². The van der Waals surface area contributed by atoms with E-state index in [4.69, 9.17) is 5.73 Å². The van der Waals surface area contributed by atoms with Crippen LogP contribution in [0.3, 0.4) is 0 Å². The van der Waals surface area contributed by atoms with E-state index in [0.717, 1.165) is 38.6 Å². The van der Waals surface area contributed by atoms with Gasteiger partial charge in [0.05, 0.1) is 0 Å². The summed E-state index contributed by atoms with van der Waals surface area (Å²) in [5, 5.41) is 0. The number of likely N-dealkylation sites (tertiary alicyclic amines) is 2. The first-order valence-electron chi connectivity index (χ1n) is 9.51. The van der Waals surface area contributed by atoms with Gasteiger partial charge in [-0.15, -0.1) is 12.4 Å². The van der Waals surface area contributed by atoms with Crippen LogP contribution in [0, 0.1) is 5.92 Å². The molecule has 2 aliphatic heterocycles. The fourth-order valence-corrected chi connectivity index (χ4v) is 4.04. The Morgan fingerprint density at radius 2 is 1.73 bits per heavy atom. The molecular weight excluding hydrogens is 350 g/mol. The second-order valence-electron chi connectivity index (χ2n) is 7.20. The van der Waals surface area contributed by atoms with Crippen molar-refractivity contribution in [2.75, 3.05) is 26.2 Å². The second-order valence-corrected chi connectivity index (χ2v) is 7.20. The molecule has 2 saturated heterocycles. The topological polar surface area (TPSA) is 66.6 Å². The Bertz CT molecular complexity index is 588. The van der Waals surface area contributed by atoms with E-state index in [1.807, 2.05) is 28.0 Å². The molecule has 0 aliphatic carbocycles. The van der Waals surface area contributed by atoms with E-state index in [2.05, 4.69) is 12.1 Å². The third-order valence-corrected chi connectivity index (χ3v) is 5.60. The fourth-order valence-electron chi connectivity index (χ4n) is 4.04. The molecule has 2 fully saturated rings. The molecule has 1 unspecified atom stereocenters. The number of amides is 2. The summed E-state index contributed by atoms with van der Waals surface area (Å²) >= 11 is 0. The van der Waals surface area contributed by atoms with Crippen LogP contribution in [0.25, 0.3) is 0 Å². The van der Waals surface area contributed by atoms with Crippen molar-refractivity contribution in [3.8, 4) is 0 Å². The third-order valence-electron chi connectivity index (χ3n) is 5.60. The van der Waals surface area contributed by atoms with Gasteiger partial charge in [-0.1, -0.05) is 30.3 Å². The van der Waals surface area contributed by atoms with Crippen molar-refractivity contribution in [1.29, 1.82) is 0 Å². The average Bonchev–Trinajstić information content (AvgIpc) is 3.15. The Labute approximate surface area is 162 Å². The molecule has 2 heterocycles. The molecule has 2 N–H and O–H groups in total. The molecule has 6 heteroatoms. The Morgan fingerprint density at radius 1 is 1.04 bits per heavy atom. The lowest BCUT2D eigenvalue weighted by atomic mass is 9.94. The average molecular weight is 380 g/mol. The second kappa shape index (κ2) is 9.93. The minimum absolute atomic E-state index is 0. The SMILES string of the molecule is Cl.NCC1CCCN1C(=O)C1CCN(C(=O)CCc2ccccc2)CC1. The first kappa shape index (κ1) is 20.7. The number of piperidine rings is 1. The predicted octanol–water partition coefficient (Wildman–Crippen LogP) is 2.23. The van der Waals surface area contributed by atoms with Crippen LogP contribution < -0.4 is 5.73 Å². The highest BCUT2D eigenvalue weighted by Crippen LogP contribution is 2.25. The standard InChI is InChI=1S/C20H29N3O2.ClH/c21-15-18-7-4-12-23(18)20(25)17-10-13-22(14-11-17)19(24)9-8-16-5-2-1-3-6-16;/h1-3,5-6,17-18H,4,7-15,21H2;1H. The molecule has 144 valence electrons. The lowest BCUT2D eigenvalue weighted by molar-refractivity contribution is -0.141. The lowest BCUT2D eigenvalue weighted by Crippen LogP contribution is -2.47. The van der Waals surface area contributed by atoms with Gasteiger partial charge < -0.3 is 15.5 Å². The van der Waals surface area contributed by atoms with Crippen LogP contribution >= 0.6 is 12.4 Å². The number of rotatable bonds is 5. The van der Waals surface area contributed by atoms with E-state index in [1.54, 1.807) is 0 Å². The van der Waals surface area contributed by atoms with Gasteiger partial charge in [0.15, 0.2) is 0 Å². The highest BCUT2D eigenvalue weighted by molar-refractivity contribution is 5.85. The molecule has 0 bridgehead atoms. The summed E-state index contributed by atoms with van der Waals surface area (Å²) in [6.45, 7) is 2.80. The van der Waals surface area contributed by atoms with Crippen molar-refractivity contribution in [2.45, 2.75) is 44.6 Å². The van der Waals surface area contributed by atoms with Crippen molar-refractivity contribution in [3.63, 3.8) is 0 Å². The number of carbonyl (C=O) groups excluding carboxylic acids is 2. The molecule has 1 atom stereocenters. The summed E-state index contributed by atoms with van der Waals surface area (Å²) < 4.78 is 0. The number of nitrogens with zero attached hydrogens (tertiary/aromatic N) is 2. The van der Waals surface area contributed by atoms with E-state index >= 15 is 0 Å². The monoisotopic (exact) mass is 379 g/mol. The number of carbonyl (C=O) groups is 2. The third kappa shape index (κ3) is 4.98. The smallest absolute Gasteiger partial charge is 0.226 e. The van der Waals surface area contributed by atoms with Crippen molar-refractivity contribution >= 4 is 24.2 Å². The van der Waals surface area contributed by atoms with E-state index in [9.17, 15) is 9.59 Å². The van der Waals surface area contributed by atoms with E-state index in [-0.39, 0.29) is 36.2 Å². The summed E-state index contributed by atoms with van der Waals surface area (Å²) in [5.41, 5.74) is 6.98. The van der Waals surface area contributed by atoms with Crippen molar-refractivity contribution in [2.24, 2.45) is 11.7 Å². The summed E-state index contributed by atoms with van der Waals surface area (Å²) in [6, 6.07) is 10.3. The highest BCUT2D eigenvalue weighted by Gasteiger charge is 2.34. The number of nitrogens with two attached hydrogens (primary N) is 1. The van der Waals surface area contributed by atoms with Gasteiger partial charge in [-0.05, 0) is 37.7 Å². The van der Waals surface area contributed by atoms with Gasteiger partial charge in [0.25, 0.3) is 0 Å². The Kier molecular flexibility index (Phi) is 7.91. The van der Waals surface area contributed by atoms with Crippen LogP contribution in [0.1, 0.15) is 37.7 Å². The summed E-state index contributed by atoms with van der Waals surface area (Å²) in [7, 11) is 0. The van der Waals surface area contributed by atoms with Gasteiger partial charge in [-0.2, -0.15) is 0 Å². The first-order valence-corrected chi connectivity index (χ1v) is 9.51. The van der Waals surface area contributed by atoms with Crippen molar-refractivity contribution in [3.05, 3.63) is 35.9 Å². The van der Waals surface area contributed by atoms with Gasteiger partial charge in [0, 0.05) is 44.6 Å². The predicted molar refractivity (Wildman–Crippen MR) is 105 cm³/mol. The van der Waals surface area contributed by atoms with Gasteiger partial charge in [0.1, 0.15) is 0 Å². The molecule has 2 amide bonds. The highest BCUT2D eigenvalue weighted by atomic mass is 35.5. The summed E-state index contributed by atoms with van der Waals surface area (Å²) in [4.78, 5) is 29.1. The molecule has 0 radical (unpaired) electrons. The van der Waals surface area contributed by atoms with Crippen LogP contribution in [0.2, 0.25) is 0 Å². The Morgan fingerprint density at radius 3 is 2.38 bits per heavy atom. The minimum atomic E-state index is 0. The molecule has 5 nitrogen and oxygen atoms in total. The number of aryl methyl sites for hydroxylation is 1. The number of benzene rings is 1. The number of hydrogen-bond donors (Lipinski definition) is 1. The maximum absolute atomic E-state index is 12.7. The summed E-state index contributed by atoms with van der Waals surface area (Å²) in [6.07, 6.45) is 4.98. The first-order chi connectivity index (χ1) is 12.2. The van der Waals surface area contributed by atoms with E-state index in [0.29, 0.717) is 26.1 Å². The number of hydrogen-bond acceptors (Lipinski definition) is 3. The van der Waals surface area contributed by atoms with Gasteiger partial charge in [-0.25, -0.2) is 0 Å². The number of halogens is 1. The van der Waals surface area contributed by atoms with Crippen molar-refractivity contribution < 1.29 is 9.59 Å². The Hall–Kier alpha value is -1.59. The van der Waals surface area contributed by atoms with Gasteiger partial charge in [0.2, 0.25) is 11.8 Å². The Balaban J connectivity index is 0.00000243. The molecule has 2 aliphatic rings.